The molecule has 1 aromatic heterocycles. The second-order valence-electron chi connectivity index (χ2n) is 9.35. The molecular weight excluding hydrogens is 404 g/mol. The Balaban J connectivity index is 1.28. The highest BCUT2D eigenvalue weighted by Crippen LogP contribution is 2.31. The third-order valence-corrected chi connectivity index (χ3v) is 7.11. The SMILES string of the molecule is c1ccc(CN2CCN3c4ccccc4CN(Cc4ccnc5ccccc45)CC3C2)cc1. The van der Waals surface area contributed by atoms with Gasteiger partial charge in [-0.2, -0.15) is 0 Å². The number of anilines is 1. The van der Waals surface area contributed by atoms with Crippen LogP contribution in [0.4, 0.5) is 5.69 Å². The van der Waals surface area contributed by atoms with Crippen LogP contribution in [-0.4, -0.2) is 47.0 Å². The summed E-state index contributed by atoms with van der Waals surface area (Å²) in [4.78, 5) is 12.5. The Bertz CT molecular complexity index is 1230. The Hall–Kier alpha value is -3.21. The fourth-order valence-electron chi connectivity index (χ4n) is 5.56. The molecule has 3 aromatic carbocycles. The molecule has 1 atom stereocenters. The van der Waals surface area contributed by atoms with Gasteiger partial charge in [0, 0.05) is 63.1 Å². The van der Waals surface area contributed by atoms with Crippen molar-refractivity contribution in [3.8, 4) is 0 Å². The van der Waals surface area contributed by atoms with E-state index in [1.807, 2.05) is 6.20 Å². The van der Waals surface area contributed by atoms with Gasteiger partial charge in [-0.3, -0.25) is 14.8 Å². The van der Waals surface area contributed by atoms with E-state index in [-0.39, 0.29) is 0 Å². The molecule has 0 N–H and O–H groups in total. The Morgan fingerprint density at radius 2 is 1.52 bits per heavy atom. The van der Waals surface area contributed by atoms with Crippen LogP contribution in [0.1, 0.15) is 16.7 Å². The largest absolute Gasteiger partial charge is 0.364 e. The first-order valence-corrected chi connectivity index (χ1v) is 12.0. The molecule has 0 amide bonds. The van der Waals surface area contributed by atoms with Gasteiger partial charge in [-0.25, -0.2) is 0 Å². The van der Waals surface area contributed by atoms with Crippen LogP contribution in [0.2, 0.25) is 0 Å². The molecule has 4 nitrogen and oxygen atoms in total. The number of pyridine rings is 1. The summed E-state index contributed by atoms with van der Waals surface area (Å²) >= 11 is 0. The lowest BCUT2D eigenvalue weighted by Crippen LogP contribution is -2.55. The Morgan fingerprint density at radius 3 is 2.45 bits per heavy atom. The van der Waals surface area contributed by atoms with E-state index in [2.05, 4.69) is 105 Å². The summed E-state index contributed by atoms with van der Waals surface area (Å²) in [6.45, 7) is 7.31. The van der Waals surface area contributed by atoms with Crippen molar-refractivity contribution in [2.45, 2.75) is 25.7 Å². The van der Waals surface area contributed by atoms with E-state index in [9.17, 15) is 0 Å². The van der Waals surface area contributed by atoms with Crippen LogP contribution in [0, 0.1) is 0 Å². The minimum absolute atomic E-state index is 0.485. The smallest absolute Gasteiger partial charge is 0.0705 e. The first-order chi connectivity index (χ1) is 16.3. The zero-order valence-electron chi connectivity index (χ0n) is 19.0. The summed E-state index contributed by atoms with van der Waals surface area (Å²) in [5, 5.41) is 1.27. The first kappa shape index (κ1) is 20.4. The predicted molar refractivity (Wildman–Crippen MR) is 135 cm³/mol. The normalized spacial score (nSPS) is 19.2. The fourth-order valence-corrected chi connectivity index (χ4v) is 5.56. The average Bonchev–Trinajstić information content (AvgIpc) is 3.01. The molecule has 1 saturated heterocycles. The number of rotatable bonds is 4. The van der Waals surface area contributed by atoms with Crippen LogP contribution in [0.25, 0.3) is 10.9 Å². The summed E-state index contributed by atoms with van der Waals surface area (Å²) in [5.74, 6) is 0. The van der Waals surface area contributed by atoms with Crippen LogP contribution in [0.3, 0.4) is 0 Å². The Morgan fingerprint density at radius 1 is 0.727 bits per heavy atom. The van der Waals surface area contributed by atoms with Crippen molar-refractivity contribution < 1.29 is 0 Å². The maximum atomic E-state index is 4.57. The van der Waals surface area contributed by atoms with Crippen LogP contribution >= 0.6 is 0 Å². The maximum Gasteiger partial charge on any atom is 0.0705 e. The second kappa shape index (κ2) is 8.97. The molecule has 0 radical (unpaired) electrons. The van der Waals surface area contributed by atoms with Gasteiger partial charge in [0.25, 0.3) is 0 Å². The van der Waals surface area contributed by atoms with Crippen molar-refractivity contribution in [1.29, 1.82) is 0 Å². The van der Waals surface area contributed by atoms with Crippen molar-refractivity contribution in [1.82, 2.24) is 14.8 Å². The average molecular weight is 435 g/mol. The third kappa shape index (κ3) is 4.24. The van der Waals surface area contributed by atoms with Gasteiger partial charge < -0.3 is 4.90 Å². The fraction of sp³-hybridized carbons (Fsp3) is 0.276. The van der Waals surface area contributed by atoms with Crippen molar-refractivity contribution in [2.24, 2.45) is 0 Å². The predicted octanol–water partition coefficient (Wildman–Crippen LogP) is 4.94. The van der Waals surface area contributed by atoms with Gasteiger partial charge in [-0.1, -0.05) is 66.7 Å². The van der Waals surface area contributed by atoms with Crippen molar-refractivity contribution in [2.75, 3.05) is 31.1 Å². The van der Waals surface area contributed by atoms with Crippen LogP contribution < -0.4 is 4.90 Å². The molecule has 2 aliphatic rings. The molecule has 0 spiro atoms. The van der Waals surface area contributed by atoms with E-state index in [0.29, 0.717) is 6.04 Å². The number of piperazine rings is 1. The van der Waals surface area contributed by atoms with Crippen molar-refractivity contribution in [3.05, 3.63) is 108 Å². The van der Waals surface area contributed by atoms with E-state index in [1.165, 1.54) is 27.8 Å². The van der Waals surface area contributed by atoms with Crippen LogP contribution in [0.5, 0.6) is 0 Å². The summed E-state index contributed by atoms with van der Waals surface area (Å²) < 4.78 is 0. The Kier molecular flexibility index (Phi) is 5.54. The summed E-state index contributed by atoms with van der Waals surface area (Å²) in [6, 6.07) is 31.1. The van der Waals surface area contributed by atoms with Crippen LogP contribution in [0.15, 0.2) is 91.1 Å². The molecule has 4 heteroatoms. The molecule has 33 heavy (non-hydrogen) atoms. The number of para-hydroxylation sites is 2. The van der Waals surface area contributed by atoms with Gasteiger partial charge in [-0.15, -0.1) is 0 Å². The molecule has 2 aliphatic heterocycles. The number of nitrogens with zero attached hydrogens (tertiary/aromatic N) is 4. The van der Waals surface area contributed by atoms with Gasteiger partial charge in [0.05, 0.1) is 11.6 Å². The topological polar surface area (TPSA) is 22.6 Å². The zero-order chi connectivity index (χ0) is 22.0. The monoisotopic (exact) mass is 434 g/mol. The molecule has 3 heterocycles. The molecule has 1 unspecified atom stereocenters. The van der Waals surface area contributed by atoms with Gasteiger partial charge in [-0.05, 0) is 34.9 Å². The van der Waals surface area contributed by atoms with Gasteiger partial charge in [0.15, 0.2) is 0 Å². The first-order valence-electron chi connectivity index (χ1n) is 12.0. The minimum Gasteiger partial charge on any atom is -0.364 e. The zero-order valence-corrected chi connectivity index (χ0v) is 19.0. The Labute approximate surface area is 196 Å². The van der Waals surface area contributed by atoms with E-state index in [4.69, 9.17) is 0 Å². The second-order valence-corrected chi connectivity index (χ2v) is 9.35. The van der Waals surface area contributed by atoms with Gasteiger partial charge in [0.2, 0.25) is 0 Å². The highest BCUT2D eigenvalue weighted by Gasteiger charge is 2.32. The maximum absolute atomic E-state index is 4.57. The number of hydrogen-bond donors (Lipinski definition) is 0. The van der Waals surface area contributed by atoms with Crippen molar-refractivity contribution in [3.63, 3.8) is 0 Å². The van der Waals surface area contributed by atoms with Gasteiger partial charge in [0.1, 0.15) is 0 Å². The summed E-state index contributed by atoms with van der Waals surface area (Å²) in [7, 11) is 0. The van der Waals surface area contributed by atoms with E-state index in [1.54, 1.807) is 0 Å². The molecule has 0 saturated carbocycles. The number of benzene rings is 3. The molecular formula is C29H30N4. The van der Waals surface area contributed by atoms with Gasteiger partial charge >= 0.3 is 0 Å². The molecule has 6 rings (SSSR count). The van der Waals surface area contributed by atoms with E-state index < -0.39 is 0 Å². The number of hydrogen-bond acceptors (Lipinski definition) is 4. The lowest BCUT2D eigenvalue weighted by atomic mass is 10.1. The molecule has 0 aliphatic carbocycles. The molecule has 4 aromatic rings. The van der Waals surface area contributed by atoms with E-state index >= 15 is 0 Å². The lowest BCUT2D eigenvalue weighted by molar-refractivity contribution is 0.173. The highest BCUT2D eigenvalue weighted by molar-refractivity contribution is 5.81. The summed E-state index contributed by atoms with van der Waals surface area (Å²) in [6.07, 6.45) is 1.96. The molecule has 1 fully saturated rings. The lowest BCUT2D eigenvalue weighted by Gasteiger charge is -2.43. The standard InChI is InChI=1S/C29H30N4/c1-2-8-23(9-3-1)18-31-16-17-33-26(21-31)22-32(20-25-10-4-7-13-29(25)33)19-24-14-15-30-28-12-6-5-11-27(24)28/h1-15,26H,16-22H2. The summed E-state index contributed by atoms with van der Waals surface area (Å²) in [5.41, 5.74) is 6.71. The third-order valence-electron chi connectivity index (χ3n) is 7.11. The van der Waals surface area contributed by atoms with E-state index in [0.717, 1.165) is 51.3 Å². The quantitative estimate of drug-likeness (QED) is 0.454. The van der Waals surface area contributed by atoms with Crippen molar-refractivity contribution >= 4 is 16.6 Å². The minimum atomic E-state index is 0.485. The number of fused-ring (bicyclic) bond motifs is 4. The molecule has 0 bridgehead atoms. The molecule has 166 valence electrons. The number of aromatic nitrogens is 1. The highest BCUT2D eigenvalue weighted by atomic mass is 15.3. The van der Waals surface area contributed by atoms with Crippen LogP contribution in [-0.2, 0) is 19.6 Å².